The first-order valence-corrected chi connectivity index (χ1v) is 4.23. The highest BCUT2D eigenvalue weighted by atomic mass is 16.5. The molecule has 0 aromatic carbocycles. The van der Waals surface area contributed by atoms with E-state index in [1.54, 1.807) is 0 Å². The first-order chi connectivity index (χ1) is 4.79. The van der Waals surface area contributed by atoms with Crippen molar-refractivity contribution in [3.63, 3.8) is 0 Å². The van der Waals surface area contributed by atoms with Gasteiger partial charge in [-0.15, -0.1) is 0 Å². The van der Waals surface area contributed by atoms with Crippen LogP contribution in [0.1, 0.15) is 32.6 Å². The van der Waals surface area contributed by atoms with E-state index in [0.29, 0.717) is 12.0 Å². The van der Waals surface area contributed by atoms with Gasteiger partial charge in [-0.3, -0.25) is 0 Å². The SMILES string of the molecule is [CH2]C(C)CC1CCCCO1. The maximum absolute atomic E-state index is 5.55. The average molecular weight is 141 g/mol. The summed E-state index contributed by atoms with van der Waals surface area (Å²) in [5.74, 6) is 0.545. The van der Waals surface area contributed by atoms with Gasteiger partial charge in [-0.2, -0.15) is 0 Å². The maximum Gasteiger partial charge on any atom is 0.0577 e. The minimum Gasteiger partial charge on any atom is -0.378 e. The lowest BCUT2D eigenvalue weighted by Crippen LogP contribution is -2.20. The van der Waals surface area contributed by atoms with Gasteiger partial charge in [0, 0.05) is 6.61 Å². The summed E-state index contributed by atoms with van der Waals surface area (Å²) < 4.78 is 5.55. The van der Waals surface area contributed by atoms with Crippen LogP contribution in [0.15, 0.2) is 0 Å². The van der Waals surface area contributed by atoms with Gasteiger partial charge in [0.05, 0.1) is 6.10 Å². The highest BCUT2D eigenvalue weighted by Gasteiger charge is 2.14. The predicted octanol–water partition coefficient (Wildman–Crippen LogP) is 2.42. The summed E-state index contributed by atoms with van der Waals surface area (Å²) in [5.41, 5.74) is 0. The van der Waals surface area contributed by atoms with Crippen LogP contribution in [0.4, 0.5) is 0 Å². The molecule has 0 spiro atoms. The smallest absolute Gasteiger partial charge is 0.0577 e. The third kappa shape index (κ3) is 2.70. The molecule has 1 heteroatoms. The second kappa shape index (κ2) is 3.97. The Labute approximate surface area is 63.8 Å². The molecule has 1 heterocycles. The van der Waals surface area contributed by atoms with Crippen molar-refractivity contribution in [1.29, 1.82) is 0 Å². The minimum absolute atomic E-state index is 0.515. The molecule has 0 bridgehead atoms. The van der Waals surface area contributed by atoms with E-state index >= 15 is 0 Å². The van der Waals surface area contributed by atoms with Gasteiger partial charge in [0.1, 0.15) is 0 Å². The highest BCUT2D eigenvalue weighted by Crippen LogP contribution is 2.18. The summed E-state index contributed by atoms with van der Waals surface area (Å²) in [6, 6.07) is 0. The fraction of sp³-hybridized carbons (Fsp3) is 0.889. The van der Waals surface area contributed by atoms with Crippen LogP contribution in [0.25, 0.3) is 0 Å². The van der Waals surface area contributed by atoms with Gasteiger partial charge in [0.2, 0.25) is 0 Å². The molecule has 10 heavy (non-hydrogen) atoms. The summed E-state index contributed by atoms with van der Waals surface area (Å²) in [5, 5.41) is 0. The molecular formula is C9H17O. The standard InChI is InChI=1S/C9H17O/c1-8(2)7-9-5-3-4-6-10-9/h8-9H,1,3-7H2,2H3. The van der Waals surface area contributed by atoms with Gasteiger partial charge in [0.15, 0.2) is 0 Å². The topological polar surface area (TPSA) is 9.23 Å². The number of hydrogen-bond donors (Lipinski definition) is 0. The number of hydrogen-bond acceptors (Lipinski definition) is 1. The Balaban J connectivity index is 2.13. The van der Waals surface area contributed by atoms with Crippen LogP contribution < -0.4 is 0 Å². The summed E-state index contributed by atoms with van der Waals surface area (Å²) in [6.07, 6.45) is 5.50. The predicted molar refractivity (Wildman–Crippen MR) is 42.7 cm³/mol. The molecule has 1 nitrogen and oxygen atoms in total. The van der Waals surface area contributed by atoms with Crippen molar-refractivity contribution in [1.82, 2.24) is 0 Å². The van der Waals surface area contributed by atoms with E-state index in [4.69, 9.17) is 4.74 Å². The van der Waals surface area contributed by atoms with Gasteiger partial charge in [-0.1, -0.05) is 13.8 Å². The Kier molecular flexibility index (Phi) is 3.20. The first kappa shape index (κ1) is 8.06. The highest BCUT2D eigenvalue weighted by molar-refractivity contribution is 4.67. The second-order valence-electron chi connectivity index (χ2n) is 3.33. The lowest BCUT2D eigenvalue weighted by Gasteiger charge is -2.23. The summed E-state index contributed by atoms with van der Waals surface area (Å²) in [6.45, 7) is 7.07. The molecule has 2 unspecified atom stereocenters. The van der Waals surface area contributed by atoms with E-state index < -0.39 is 0 Å². The Morgan fingerprint density at radius 3 is 2.90 bits per heavy atom. The van der Waals surface area contributed by atoms with E-state index in [9.17, 15) is 0 Å². The molecule has 0 saturated carbocycles. The molecule has 1 fully saturated rings. The minimum atomic E-state index is 0.515. The first-order valence-electron chi connectivity index (χ1n) is 4.23. The summed E-state index contributed by atoms with van der Waals surface area (Å²) in [7, 11) is 0. The lowest BCUT2D eigenvalue weighted by atomic mass is 10.00. The fourth-order valence-corrected chi connectivity index (χ4v) is 1.44. The van der Waals surface area contributed by atoms with E-state index in [2.05, 4.69) is 13.8 Å². The number of rotatable bonds is 2. The largest absolute Gasteiger partial charge is 0.378 e. The molecule has 0 aromatic heterocycles. The third-order valence-electron chi connectivity index (χ3n) is 1.94. The molecule has 1 saturated heterocycles. The van der Waals surface area contributed by atoms with Gasteiger partial charge < -0.3 is 4.74 Å². The van der Waals surface area contributed by atoms with Gasteiger partial charge in [-0.25, -0.2) is 0 Å². The Hall–Kier alpha value is -0.0400. The normalized spacial score (nSPS) is 27.3. The molecule has 1 aliphatic rings. The van der Waals surface area contributed by atoms with Crippen molar-refractivity contribution in [2.24, 2.45) is 5.92 Å². The fourth-order valence-electron chi connectivity index (χ4n) is 1.44. The van der Waals surface area contributed by atoms with Crippen molar-refractivity contribution in [3.05, 3.63) is 6.92 Å². The van der Waals surface area contributed by atoms with Crippen LogP contribution >= 0.6 is 0 Å². The van der Waals surface area contributed by atoms with Crippen LogP contribution in [0, 0.1) is 12.8 Å². The van der Waals surface area contributed by atoms with Crippen molar-refractivity contribution in [3.8, 4) is 0 Å². The Bertz CT molecular complexity index is 82.7. The van der Waals surface area contributed by atoms with Gasteiger partial charge in [-0.05, 0) is 31.6 Å². The van der Waals surface area contributed by atoms with Gasteiger partial charge >= 0.3 is 0 Å². The molecule has 0 amide bonds. The Morgan fingerprint density at radius 2 is 2.40 bits per heavy atom. The maximum atomic E-state index is 5.55. The molecule has 0 N–H and O–H groups in total. The third-order valence-corrected chi connectivity index (χ3v) is 1.94. The van der Waals surface area contributed by atoms with Crippen LogP contribution in [-0.2, 0) is 4.74 Å². The summed E-state index contributed by atoms with van der Waals surface area (Å²) >= 11 is 0. The zero-order valence-electron chi connectivity index (χ0n) is 6.81. The van der Waals surface area contributed by atoms with E-state index in [-0.39, 0.29) is 0 Å². The van der Waals surface area contributed by atoms with Crippen LogP contribution in [0.3, 0.4) is 0 Å². The zero-order valence-corrected chi connectivity index (χ0v) is 6.81. The molecule has 2 atom stereocenters. The number of ether oxygens (including phenoxy) is 1. The van der Waals surface area contributed by atoms with E-state index in [1.165, 1.54) is 19.3 Å². The zero-order chi connectivity index (χ0) is 7.40. The van der Waals surface area contributed by atoms with Crippen molar-refractivity contribution >= 4 is 0 Å². The quantitative estimate of drug-likeness (QED) is 0.574. The van der Waals surface area contributed by atoms with Crippen molar-refractivity contribution in [2.45, 2.75) is 38.7 Å². The van der Waals surface area contributed by atoms with E-state index in [1.807, 2.05) is 0 Å². The summed E-state index contributed by atoms with van der Waals surface area (Å²) in [4.78, 5) is 0. The average Bonchev–Trinajstić information content (AvgIpc) is 1.88. The molecule has 1 aliphatic heterocycles. The van der Waals surface area contributed by atoms with E-state index in [0.717, 1.165) is 13.0 Å². The lowest BCUT2D eigenvalue weighted by molar-refractivity contribution is 0.00586. The molecule has 1 radical (unpaired) electrons. The second-order valence-corrected chi connectivity index (χ2v) is 3.33. The van der Waals surface area contributed by atoms with Crippen molar-refractivity contribution < 1.29 is 4.74 Å². The Morgan fingerprint density at radius 1 is 1.60 bits per heavy atom. The molecular weight excluding hydrogens is 124 g/mol. The van der Waals surface area contributed by atoms with Crippen LogP contribution in [-0.4, -0.2) is 12.7 Å². The molecule has 1 rings (SSSR count). The van der Waals surface area contributed by atoms with Crippen LogP contribution in [0.2, 0.25) is 0 Å². The monoisotopic (exact) mass is 141 g/mol. The van der Waals surface area contributed by atoms with Gasteiger partial charge in [0.25, 0.3) is 0 Å². The molecule has 0 aromatic rings. The van der Waals surface area contributed by atoms with Crippen LogP contribution in [0.5, 0.6) is 0 Å². The van der Waals surface area contributed by atoms with Crippen molar-refractivity contribution in [2.75, 3.05) is 6.61 Å². The molecule has 59 valence electrons. The molecule has 0 aliphatic carbocycles.